The fourth-order valence-electron chi connectivity index (χ4n) is 2.79. The summed E-state index contributed by atoms with van der Waals surface area (Å²) >= 11 is 1.60. The van der Waals surface area contributed by atoms with Gasteiger partial charge in [-0.2, -0.15) is 0 Å². The molecule has 1 saturated heterocycles. The molecule has 130 valence electrons. The molecule has 2 atom stereocenters. The number of carboxylic acids is 1. The van der Waals surface area contributed by atoms with Crippen molar-refractivity contribution in [2.45, 2.75) is 18.2 Å². The highest BCUT2D eigenvalue weighted by molar-refractivity contribution is 7.98. The maximum atomic E-state index is 12.5. The van der Waals surface area contributed by atoms with Crippen LogP contribution >= 0.6 is 11.8 Å². The lowest BCUT2D eigenvalue weighted by atomic mass is 10.1. The normalized spacial score (nSPS) is 18.5. The number of amides is 2. The summed E-state index contributed by atoms with van der Waals surface area (Å²) in [4.78, 5) is 39.8. The Labute approximate surface area is 145 Å². The Kier molecular flexibility index (Phi) is 5.88. The number of aliphatic carboxylic acids is 1. The van der Waals surface area contributed by atoms with E-state index in [-0.39, 0.29) is 24.8 Å². The van der Waals surface area contributed by atoms with Crippen molar-refractivity contribution in [1.29, 1.82) is 0 Å². The van der Waals surface area contributed by atoms with E-state index in [2.05, 4.69) is 0 Å². The average Bonchev–Trinajstić information content (AvgIpc) is 2.95. The zero-order valence-electron chi connectivity index (χ0n) is 14.1. The minimum Gasteiger partial charge on any atom is -0.481 e. The Morgan fingerprint density at radius 2 is 2.17 bits per heavy atom. The van der Waals surface area contributed by atoms with Crippen molar-refractivity contribution in [1.82, 2.24) is 4.90 Å². The van der Waals surface area contributed by atoms with Crippen LogP contribution in [0, 0.1) is 11.8 Å². The number of hydrogen-bond donors (Lipinski definition) is 1. The van der Waals surface area contributed by atoms with Gasteiger partial charge in [-0.3, -0.25) is 14.4 Å². The summed E-state index contributed by atoms with van der Waals surface area (Å²) in [7, 11) is 1.59. The van der Waals surface area contributed by atoms with Gasteiger partial charge in [-0.05, 0) is 24.5 Å². The van der Waals surface area contributed by atoms with Crippen molar-refractivity contribution in [3.05, 3.63) is 24.3 Å². The van der Waals surface area contributed by atoms with Crippen LogP contribution in [0.5, 0.6) is 0 Å². The van der Waals surface area contributed by atoms with E-state index in [1.165, 1.54) is 4.90 Å². The summed E-state index contributed by atoms with van der Waals surface area (Å²) in [5, 5.41) is 8.96. The number of benzene rings is 1. The number of anilines is 1. The molecule has 1 aromatic carbocycles. The molecule has 2 rings (SSSR count). The van der Waals surface area contributed by atoms with Gasteiger partial charge in [0.05, 0.1) is 11.8 Å². The Bertz CT molecular complexity index is 649. The molecular weight excluding hydrogens is 328 g/mol. The number of nitrogens with zero attached hydrogens (tertiary/aromatic N) is 2. The van der Waals surface area contributed by atoms with Gasteiger partial charge in [0.25, 0.3) is 0 Å². The third-order valence-electron chi connectivity index (χ3n) is 4.18. The zero-order chi connectivity index (χ0) is 17.9. The van der Waals surface area contributed by atoms with E-state index in [9.17, 15) is 14.4 Å². The molecule has 0 spiro atoms. The van der Waals surface area contributed by atoms with Crippen molar-refractivity contribution in [2.24, 2.45) is 11.8 Å². The second-order valence-electron chi connectivity index (χ2n) is 6.06. The summed E-state index contributed by atoms with van der Waals surface area (Å²) in [6, 6.07) is 7.66. The van der Waals surface area contributed by atoms with Gasteiger partial charge in [0.15, 0.2) is 0 Å². The van der Waals surface area contributed by atoms with Crippen LogP contribution in [0.1, 0.15) is 13.3 Å². The highest BCUT2D eigenvalue weighted by atomic mass is 32.2. The van der Waals surface area contributed by atoms with Gasteiger partial charge in [0.2, 0.25) is 11.8 Å². The molecule has 7 heteroatoms. The Morgan fingerprint density at radius 3 is 2.79 bits per heavy atom. The van der Waals surface area contributed by atoms with Crippen molar-refractivity contribution in [3.63, 3.8) is 0 Å². The predicted molar refractivity (Wildman–Crippen MR) is 93.1 cm³/mol. The molecule has 2 amide bonds. The first-order chi connectivity index (χ1) is 11.3. The third-order valence-corrected chi connectivity index (χ3v) is 4.91. The van der Waals surface area contributed by atoms with E-state index in [1.807, 2.05) is 30.5 Å². The van der Waals surface area contributed by atoms with Crippen LogP contribution in [0.25, 0.3) is 0 Å². The smallest absolute Gasteiger partial charge is 0.308 e. The van der Waals surface area contributed by atoms with E-state index in [1.54, 1.807) is 30.6 Å². The first kappa shape index (κ1) is 18.3. The maximum absolute atomic E-state index is 12.5. The van der Waals surface area contributed by atoms with Gasteiger partial charge in [-0.1, -0.05) is 13.0 Å². The number of carbonyl (C=O) groups excluding carboxylic acids is 2. The highest BCUT2D eigenvalue weighted by Gasteiger charge is 2.37. The lowest BCUT2D eigenvalue weighted by Gasteiger charge is -2.23. The zero-order valence-corrected chi connectivity index (χ0v) is 14.9. The minimum absolute atomic E-state index is 0.0775. The molecule has 0 bridgehead atoms. The molecule has 1 fully saturated rings. The second-order valence-corrected chi connectivity index (χ2v) is 6.94. The summed E-state index contributed by atoms with van der Waals surface area (Å²) in [6.07, 6.45) is 2.13. The molecule has 0 saturated carbocycles. The van der Waals surface area contributed by atoms with Crippen LogP contribution in [0.3, 0.4) is 0 Å². The molecule has 1 aliphatic rings. The molecule has 1 aliphatic heterocycles. The fraction of sp³-hybridized carbons (Fsp3) is 0.471. The molecule has 1 N–H and O–H groups in total. The number of carboxylic acid groups (broad SMARTS) is 1. The van der Waals surface area contributed by atoms with Crippen molar-refractivity contribution >= 4 is 35.2 Å². The van der Waals surface area contributed by atoms with Crippen LogP contribution < -0.4 is 4.90 Å². The number of carbonyl (C=O) groups is 3. The largest absolute Gasteiger partial charge is 0.481 e. The standard InChI is InChI=1S/C17H22N2O4S/c1-11(17(22)23)9-18(2)16(21)12-7-15(20)19(10-12)13-5-4-6-14(8-13)24-3/h4-6,8,11-12H,7,9-10H2,1-3H3,(H,22,23). The summed E-state index contributed by atoms with van der Waals surface area (Å²) in [5.41, 5.74) is 0.795. The highest BCUT2D eigenvalue weighted by Crippen LogP contribution is 2.29. The molecule has 6 nitrogen and oxygen atoms in total. The second kappa shape index (κ2) is 7.70. The molecule has 24 heavy (non-hydrogen) atoms. The minimum atomic E-state index is -0.937. The van der Waals surface area contributed by atoms with Gasteiger partial charge in [-0.15, -0.1) is 11.8 Å². The van der Waals surface area contributed by atoms with Crippen molar-refractivity contribution in [3.8, 4) is 0 Å². The van der Waals surface area contributed by atoms with Gasteiger partial charge in [-0.25, -0.2) is 0 Å². The van der Waals surface area contributed by atoms with E-state index in [0.717, 1.165) is 10.6 Å². The van der Waals surface area contributed by atoms with E-state index in [0.29, 0.717) is 6.54 Å². The molecule has 0 radical (unpaired) electrons. The molecule has 0 aromatic heterocycles. The van der Waals surface area contributed by atoms with Crippen LogP contribution in [0.4, 0.5) is 5.69 Å². The molecule has 0 aliphatic carbocycles. The number of thioether (sulfide) groups is 1. The fourth-order valence-corrected chi connectivity index (χ4v) is 3.24. The van der Waals surface area contributed by atoms with Crippen molar-refractivity contribution in [2.75, 3.05) is 31.3 Å². The van der Waals surface area contributed by atoms with E-state index in [4.69, 9.17) is 5.11 Å². The van der Waals surface area contributed by atoms with E-state index >= 15 is 0 Å². The Hall–Kier alpha value is -2.02. The van der Waals surface area contributed by atoms with Crippen LogP contribution in [0.15, 0.2) is 29.2 Å². The summed E-state index contributed by atoms with van der Waals surface area (Å²) in [6.45, 7) is 2.04. The van der Waals surface area contributed by atoms with Crippen LogP contribution in [0.2, 0.25) is 0 Å². The van der Waals surface area contributed by atoms with Crippen molar-refractivity contribution < 1.29 is 19.5 Å². The molecular formula is C17H22N2O4S. The van der Waals surface area contributed by atoms with Crippen LogP contribution in [-0.4, -0.2) is 54.2 Å². The first-order valence-electron chi connectivity index (χ1n) is 7.75. The SMILES string of the molecule is CSc1cccc(N2CC(C(=O)N(C)CC(C)C(=O)O)CC2=O)c1. The summed E-state index contributed by atoms with van der Waals surface area (Å²) < 4.78 is 0. The lowest BCUT2D eigenvalue weighted by molar-refractivity contribution is -0.143. The predicted octanol–water partition coefficient (Wildman–Crippen LogP) is 1.94. The Balaban J connectivity index is 2.05. The third kappa shape index (κ3) is 4.08. The van der Waals surface area contributed by atoms with Crippen LogP contribution in [-0.2, 0) is 14.4 Å². The number of rotatable bonds is 6. The van der Waals surface area contributed by atoms with Gasteiger partial charge >= 0.3 is 5.97 Å². The maximum Gasteiger partial charge on any atom is 0.308 e. The summed E-state index contributed by atoms with van der Waals surface area (Å²) in [5.74, 6) is -2.26. The quantitative estimate of drug-likeness (QED) is 0.794. The molecule has 1 heterocycles. The van der Waals surface area contributed by atoms with Gasteiger partial charge < -0.3 is 14.9 Å². The monoisotopic (exact) mass is 350 g/mol. The number of hydrogen-bond acceptors (Lipinski definition) is 4. The Morgan fingerprint density at radius 1 is 1.46 bits per heavy atom. The van der Waals surface area contributed by atoms with Gasteiger partial charge in [0, 0.05) is 37.1 Å². The van der Waals surface area contributed by atoms with Gasteiger partial charge in [0.1, 0.15) is 0 Å². The topological polar surface area (TPSA) is 77.9 Å². The van der Waals surface area contributed by atoms with E-state index < -0.39 is 17.8 Å². The molecule has 2 unspecified atom stereocenters. The molecule has 1 aromatic rings. The lowest BCUT2D eigenvalue weighted by Crippen LogP contribution is -2.38. The average molecular weight is 350 g/mol. The first-order valence-corrected chi connectivity index (χ1v) is 8.98.